The van der Waals surface area contributed by atoms with Gasteiger partial charge in [-0.2, -0.15) is 0 Å². The fraction of sp³-hybridized carbons (Fsp3) is 0.500. The van der Waals surface area contributed by atoms with Gasteiger partial charge in [-0.15, -0.1) is 0 Å². The number of nitrogens with two attached hydrogens (primary N) is 1. The highest BCUT2D eigenvalue weighted by molar-refractivity contribution is 6.36. The highest BCUT2D eigenvalue weighted by Crippen LogP contribution is 2.42. The van der Waals surface area contributed by atoms with Gasteiger partial charge in [0, 0.05) is 6.20 Å². The lowest BCUT2D eigenvalue weighted by molar-refractivity contribution is -0.186. The summed E-state index contributed by atoms with van der Waals surface area (Å²) in [6.07, 6.45) is 1.59. The summed E-state index contributed by atoms with van der Waals surface area (Å²) in [5.41, 5.74) is 2.44. The number of nitrogens with zero attached hydrogens (tertiary/aromatic N) is 3. The maximum atomic E-state index is 11.0. The van der Waals surface area contributed by atoms with E-state index in [0.717, 1.165) is 0 Å². The van der Waals surface area contributed by atoms with Gasteiger partial charge in [0.1, 0.15) is 29.5 Å². The number of aliphatic hydroxyl groups is 3. The molecule has 3 atom stereocenters. The molecule has 9 heteroatoms. The number of ether oxygens (including phenoxy) is 1. The summed E-state index contributed by atoms with van der Waals surface area (Å²) in [6, 6.07) is 0. The summed E-state index contributed by atoms with van der Waals surface area (Å²) < 4.78 is 6.56. The van der Waals surface area contributed by atoms with Gasteiger partial charge in [-0.25, -0.2) is 9.97 Å². The highest BCUT2D eigenvalue weighted by atomic mass is 35.5. The number of halogens is 1. The second-order valence-corrected chi connectivity index (χ2v) is 5.69. The van der Waals surface area contributed by atoms with Crippen molar-refractivity contribution < 1.29 is 20.1 Å². The molecule has 0 radical (unpaired) electrons. The highest BCUT2D eigenvalue weighted by Gasteiger charge is 2.60. The second kappa shape index (κ2) is 4.52. The molecule has 0 saturated carbocycles. The Bertz CT molecular complexity index is 704. The van der Waals surface area contributed by atoms with Gasteiger partial charge >= 0.3 is 0 Å². The Kier molecular flexibility index (Phi) is 3.12. The van der Waals surface area contributed by atoms with Crippen LogP contribution >= 0.6 is 11.6 Å². The van der Waals surface area contributed by atoms with Crippen molar-refractivity contribution >= 4 is 28.5 Å². The van der Waals surface area contributed by atoms with E-state index < -0.39 is 24.0 Å². The lowest BCUT2D eigenvalue weighted by Crippen LogP contribution is -2.57. The van der Waals surface area contributed by atoms with Gasteiger partial charge < -0.3 is 25.8 Å². The smallest absolute Gasteiger partial charge is 0.203 e. The van der Waals surface area contributed by atoms with Gasteiger partial charge in [0.15, 0.2) is 0 Å². The summed E-state index contributed by atoms with van der Waals surface area (Å²) in [7, 11) is 0. The first-order valence-corrected chi connectivity index (χ1v) is 6.65. The van der Waals surface area contributed by atoms with E-state index in [9.17, 15) is 15.3 Å². The van der Waals surface area contributed by atoms with Gasteiger partial charge in [0.2, 0.25) is 5.72 Å². The van der Waals surface area contributed by atoms with Crippen LogP contribution in [0.2, 0.25) is 5.02 Å². The third-order valence-corrected chi connectivity index (χ3v) is 4.19. The number of aromatic nitrogens is 3. The summed E-state index contributed by atoms with van der Waals surface area (Å²) in [4.78, 5) is 7.92. The van der Waals surface area contributed by atoms with Crippen LogP contribution in [0.25, 0.3) is 11.0 Å². The van der Waals surface area contributed by atoms with Crippen LogP contribution in [0, 0.1) is 0 Å². The van der Waals surface area contributed by atoms with E-state index in [-0.39, 0.29) is 23.1 Å². The predicted molar refractivity (Wildman–Crippen MR) is 74.6 cm³/mol. The minimum absolute atomic E-state index is 0.146. The van der Waals surface area contributed by atoms with E-state index in [1.54, 1.807) is 0 Å². The summed E-state index contributed by atoms with van der Waals surface area (Å²) in [5.74, 6) is 0.159. The molecule has 21 heavy (non-hydrogen) atoms. The molecule has 1 fully saturated rings. The molecule has 1 aliphatic rings. The van der Waals surface area contributed by atoms with Gasteiger partial charge in [0.05, 0.1) is 23.6 Å². The third kappa shape index (κ3) is 1.77. The fourth-order valence-corrected chi connectivity index (χ4v) is 3.01. The number of rotatable bonds is 2. The molecule has 3 heterocycles. The van der Waals surface area contributed by atoms with E-state index in [4.69, 9.17) is 22.1 Å². The van der Waals surface area contributed by atoms with Crippen molar-refractivity contribution in [3.8, 4) is 0 Å². The molecule has 1 aliphatic heterocycles. The molecule has 114 valence electrons. The molecular formula is C12H15ClN4O4. The van der Waals surface area contributed by atoms with Gasteiger partial charge in [-0.05, 0) is 6.92 Å². The molecule has 2 aromatic rings. The minimum Gasteiger partial charge on any atom is -0.393 e. The first kappa shape index (κ1) is 14.5. The Labute approximate surface area is 124 Å². The molecule has 2 aromatic heterocycles. The van der Waals surface area contributed by atoms with Crippen LogP contribution in [-0.4, -0.2) is 54.8 Å². The summed E-state index contributed by atoms with van der Waals surface area (Å²) >= 11 is 6.13. The van der Waals surface area contributed by atoms with E-state index in [2.05, 4.69) is 9.97 Å². The summed E-state index contributed by atoms with van der Waals surface area (Å²) in [6.45, 7) is 0.782. The van der Waals surface area contributed by atoms with Gasteiger partial charge in [0.25, 0.3) is 0 Å². The van der Waals surface area contributed by atoms with Crippen LogP contribution in [0.5, 0.6) is 0 Å². The Morgan fingerprint density at radius 1 is 1.52 bits per heavy atom. The molecule has 8 nitrogen and oxygen atoms in total. The molecular weight excluding hydrogens is 300 g/mol. The molecule has 1 saturated heterocycles. The van der Waals surface area contributed by atoms with Crippen LogP contribution < -0.4 is 5.73 Å². The molecule has 3 rings (SSSR count). The zero-order valence-corrected chi connectivity index (χ0v) is 11.9. The van der Waals surface area contributed by atoms with Gasteiger partial charge in [-0.1, -0.05) is 11.6 Å². The van der Waals surface area contributed by atoms with Crippen LogP contribution in [-0.2, 0) is 10.5 Å². The predicted octanol–water partition coefficient (Wildman–Crippen LogP) is -0.546. The Morgan fingerprint density at radius 3 is 2.90 bits per heavy atom. The lowest BCUT2D eigenvalue weighted by Gasteiger charge is -2.37. The van der Waals surface area contributed by atoms with Crippen molar-refractivity contribution in [3.63, 3.8) is 0 Å². The Hall–Kier alpha value is -1.45. The standard InChI is InChI=1S/C12H15ClN4O4/c1-11(19)4-21-7(3-18)12(11,20)17-2-6(13)8-9(14)15-5-16-10(8)17/h2,5,7,18-20H,3-4H2,1H3,(H2,14,15,16)/t7-,11+,12-/m1/s1. The normalized spacial score (nSPS) is 32.9. The van der Waals surface area contributed by atoms with Crippen molar-refractivity contribution in [2.24, 2.45) is 0 Å². The van der Waals surface area contributed by atoms with E-state index in [0.29, 0.717) is 5.39 Å². The molecule has 0 unspecified atom stereocenters. The molecule has 0 spiro atoms. The largest absolute Gasteiger partial charge is 0.393 e. The van der Waals surface area contributed by atoms with Crippen LogP contribution in [0.1, 0.15) is 6.92 Å². The van der Waals surface area contributed by atoms with Gasteiger partial charge in [-0.3, -0.25) is 4.57 Å². The topological polar surface area (TPSA) is 127 Å². The zero-order chi connectivity index (χ0) is 15.4. The number of hydrogen-bond acceptors (Lipinski definition) is 7. The monoisotopic (exact) mass is 314 g/mol. The van der Waals surface area contributed by atoms with Crippen LogP contribution in [0.4, 0.5) is 5.82 Å². The van der Waals surface area contributed by atoms with Crippen molar-refractivity contribution in [1.29, 1.82) is 0 Å². The molecule has 0 aliphatic carbocycles. The Balaban J connectivity index is 2.31. The van der Waals surface area contributed by atoms with Crippen molar-refractivity contribution in [3.05, 3.63) is 17.5 Å². The van der Waals surface area contributed by atoms with Crippen molar-refractivity contribution in [2.75, 3.05) is 18.9 Å². The number of fused-ring (bicyclic) bond motifs is 1. The van der Waals surface area contributed by atoms with E-state index in [1.165, 1.54) is 24.0 Å². The third-order valence-electron chi connectivity index (χ3n) is 3.91. The zero-order valence-electron chi connectivity index (χ0n) is 11.2. The van der Waals surface area contributed by atoms with Crippen molar-refractivity contribution in [1.82, 2.24) is 14.5 Å². The number of hydrogen-bond donors (Lipinski definition) is 4. The molecule has 5 N–H and O–H groups in total. The van der Waals surface area contributed by atoms with Crippen LogP contribution in [0.15, 0.2) is 12.5 Å². The first-order valence-electron chi connectivity index (χ1n) is 6.27. The Morgan fingerprint density at radius 2 is 2.24 bits per heavy atom. The second-order valence-electron chi connectivity index (χ2n) is 5.29. The van der Waals surface area contributed by atoms with Crippen LogP contribution in [0.3, 0.4) is 0 Å². The number of anilines is 1. The van der Waals surface area contributed by atoms with Crippen molar-refractivity contribution in [2.45, 2.75) is 24.4 Å². The lowest BCUT2D eigenvalue weighted by atomic mass is 9.91. The minimum atomic E-state index is -1.94. The number of nitrogen functional groups attached to an aromatic ring is 1. The molecule has 0 aromatic carbocycles. The maximum absolute atomic E-state index is 11.0. The average Bonchev–Trinajstić information content (AvgIpc) is 2.88. The SMILES string of the molecule is C[C@]1(O)CO[C@H](CO)[C@]1(O)n1cc(Cl)c2c(N)ncnc21. The maximum Gasteiger partial charge on any atom is 0.203 e. The molecule has 0 amide bonds. The quantitative estimate of drug-likeness (QED) is 0.586. The summed E-state index contributed by atoms with van der Waals surface area (Å²) in [5, 5.41) is 31.5. The fourth-order valence-electron chi connectivity index (χ4n) is 2.73. The van der Waals surface area contributed by atoms with E-state index in [1.807, 2.05) is 0 Å². The van der Waals surface area contributed by atoms with E-state index >= 15 is 0 Å². The average molecular weight is 315 g/mol. The first-order chi connectivity index (χ1) is 9.83. The molecule has 0 bridgehead atoms. The number of aliphatic hydroxyl groups excluding tert-OH is 1.